The maximum Gasteiger partial charge on any atom is 0.160 e. The predicted molar refractivity (Wildman–Crippen MR) is 74.5 cm³/mol. The van der Waals surface area contributed by atoms with Crippen molar-refractivity contribution < 1.29 is 0 Å². The van der Waals surface area contributed by atoms with E-state index in [1.54, 1.807) is 0 Å². The second-order valence-corrected chi connectivity index (χ2v) is 4.52. The second kappa shape index (κ2) is 4.65. The van der Waals surface area contributed by atoms with Gasteiger partial charge in [0.05, 0.1) is 5.69 Å². The molecule has 4 nitrogen and oxygen atoms in total. The average Bonchev–Trinajstić information content (AvgIpc) is 2.86. The molecule has 1 N–H and O–H groups in total. The third-order valence-corrected chi connectivity index (χ3v) is 2.85. The minimum absolute atomic E-state index is 0.733. The van der Waals surface area contributed by atoms with Crippen LogP contribution in [-0.2, 0) is 0 Å². The van der Waals surface area contributed by atoms with E-state index in [1.165, 1.54) is 0 Å². The van der Waals surface area contributed by atoms with Crippen LogP contribution in [0.2, 0.25) is 0 Å². The van der Waals surface area contributed by atoms with Gasteiger partial charge in [-0.3, -0.25) is 5.10 Å². The molecule has 19 heavy (non-hydrogen) atoms. The van der Waals surface area contributed by atoms with E-state index in [0.29, 0.717) is 0 Å². The standard InChI is InChI=1S/C15H14N4/c1-10-8-13(14-9-11(2)18-19-14)17-15(16-10)12-6-4-3-5-7-12/h3-9H,1-2H3,(H,18,19). The van der Waals surface area contributed by atoms with Crippen LogP contribution in [0, 0.1) is 13.8 Å². The first-order valence-corrected chi connectivity index (χ1v) is 6.16. The minimum atomic E-state index is 0.733. The van der Waals surface area contributed by atoms with Crippen molar-refractivity contribution in [1.29, 1.82) is 0 Å². The van der Waals surface area contributed by atoms with Crippen molar-refractivity contribution in [2.75, 3.05) is 0 Å². The van der Waals surface area contributed by atoms with Gasteiger partial charge in [0.25, 0.3) is 0 Å². The highest BCUT2D eigenvalue weighted by Crippen LogP contribution is 2.21. The summed E-state index contributed by atoms with van der Waals surface area (Å²) in [5.41, 5.74) is 4.66. The van der Waals surface area contributed by atoms with E-state index in [2.05, 4.69) is 20.2 Å². The van der Waals surface area contributed by atoms with Gasteiger partial charge in [-0.15, -0.1) is 0 Å². The molecule has 0 radical (unpaired) electrons. The van der Waals surface area contributed by atoms with Crippen LogP contribution in [0.1, 0.15) is 11.4 Å². The van der Waals surface area contributed by atoms with Crippen LogP contribution >= 0.6 is 0 Å². The van der Waals surface area contributed by atoms with E-state index in [1.807, 2.05) is 56.3 Å². The van der Waals surface area contributed by atoms with Crippen molar-refractivity contribution in [2.45, 2.75) is 13.8 Å². The molecule has 2 aromatic heterocycles. The number of aromatic nitrogens is 4. The molecule has 0 saturated carbocycles. The SMILES string of the molecule is Cc1cc(-c2cc(C)[nH]n2)nc(-c2ccccc2)n1. The Morgan fingerprint density at radius 2 is 1.68 bits per heavy atom. The third kappa shape index (κ3) is 2.38. The summed E-state index contributed by atoms with van der Waals surface area (Å²) < 4.78 is 0. The molecule has 0 aliphatic rings. The monoisotopic (exact) mass is 250 g/mol. The number of nitrogens with zero attached hydrogens (tertiary/aromatic N) is 3. The maximum absolute atomic E-state index is 4.59. The molecule has 0 atom stereocenters. The predicted octanol–water partition coefficient (Wildman–Crippen LogP) is 3.15. The maximum atomic E-state index is 4.59. The van der Waals surface area contributed by atoms with Crippen molar-refractivity contribution in [3.8, 4) is 22.8 Å². The van der Waals surface area contributed by atoms with Crippen molar-refractivity contribution in [3.63, 3.8) is 0 Å². The van der Waals surface area contributed by atoms with Gasteiger partial charge >= 0.3 is 0 Å². The Morgan fingerprint density at radius 1 is 0.895 bits per heavy atom. The molecular weight excluding hydrogens is 236 g/mol. The Kier molecular flexibility index (Phi) is 2.83. The molecule has 94 valence electrons. The molecule has 0 amide bonds. The van der Waals surface area contributed by atoms with Crippen LogP contribution in [0.5, 0.6) is 0 Å². The molecule has 3 rings (SSSR count). The zero-order chi connectivity index (χ0) is 13.2. The van der Waals surface area contributed by atoms with Crippen LogP contribution in [-0.4, -0.2) is 20.2 Å². The van der Waals surface area contributed by atoms with E-state index in [0.717, 1.165) is 34.2 Å². The van der Waals surface area contributed by atoms with Gasteiger partial charge in [0.1, 0.15) is 5.69 Å². The van der Waals surface area contributed by atoms with Gasteiger partial charge in [-0.05, 0) is 26.0 Å². The molecule has 2 heterocycles. The summed E-state index contributed by atoms with van der Waals surface area (Å²) in [6.45, 7) is 3.94. The van der Waals surface area contributed by atoms with Gasteiger partial charge in [0, 0.05) is 17.0 Å². The molecule has 0 saturated heterocycles. The number of H-pyrrole nitrogens is 1. The van der Waals surface area contributed by atoms with Crippen molar-refractivity contribution in [3.05, 3.63) is 53.9 Å². The normalized spacial score (nSPS) is 10.6. The first-order chi connectivity index (χ1) is 9.22. The van der Waals surface area contributed by atoms with Crippen LogP contribution in [0.3, 0.4) is 0 Å². The van der Waals surface area contributed by atoms with Crippen molar-refractivity contribution in [2.24, 2.45) is 0 Å². The van der Waals surface area contributed by atoms with Crippen molar-refractivity contribution in [1.82, 2.24) is 20.2 Å². The number of nitrogens with one attached hydrogen (secondary N) is 1. The highest BCUT2D eigenvalue weighted by Gasteiger charge is 2.08. The van der Waals surface area contributed by atoms with E-state index < -0.39 is 0 Å². The van der Waals surface area contributed by atoms with E-state index in [-0.39, 0.29) is 0 Å². The van der Waals surface area contributed by atoms with Crippen LogP contribution in [0.15, 0.2) is 42.5 Å². The van der Waals surface area contributed by atoms with E-state index in [4.69, 9.17) is 0 Å². The van der Waals surface area contributed by atoms with E-state index >= 15 is 0 Å². The molecule has 3 aromatic rings. The molecule has 0 aliphatic heterocycles. The lowest BCUT2D eigenvalue weighted by atomic mass is 10.2. The van der Waals surface area contributed by atoms with Gasteiger partial charge in [-0.2, -0.15) is 5.10 Å². The summed E-state index contributed by atoms with van der Waals surface area (Å²) in [4.78, 5) is 9.08. The summed E-state index contributed by atoms with van der Waals surface area (Å²) in [6, 6.07) is 13.9. The molecule has 4 heteroatoms. The first kappa shape index (κ1) is 11.6. The highest BCUT2D eigenvalue weighted by molar-refractivity contribution is 5.61. The lowest BCUT2D eigenvalue weighted by Gasteiger charge is -2.04. The number of benzene rings is 1. The van der Waals surface area contributed by atoms with Gasteiger partial charge < -0.3 is 0 Å². The molecule has 0 bridgehead atoms. The summed E-state index contributed by atoms with van der Waals surface area (Å²) in [5.74, 6) is 0.733. The smallest absolute Gasteiger partial charge is 0.160 e. The highest BCUT2D eigenvalue weighted by atomic mass is 15.1. The Bertz CT molecular complexity index is 701. The molecular formula is C15H14N4. The fourth-order valence-electron chi connectivity index (χ4n) is 1.97. The largest absolute Gasteiger partial charge is 0.282 e. The van der Waals surface area contributed by atoms with Gasteiger partial charge in [0.15, 0.2) is 5.82 Å². The molecule has 0 aliphatic carbocycles. The summed E-state index contributed by atoms with van der Waals surface area (Å²) in [7, 11) is 0. The van der Waals surface area contributed by atoms with Crippen LogP contribution in [0.4, 0.5) is 0 Å². The van der Waals surface area contributed by atoms with Gasteiger partial charge in [0.2, 0.25) is 0 Å². The molecule has 0 unspecified atom stereocenters. The fraction of sp³-hybridized carbons (Fsp3) is 0.133. The Balaban J connectivity index is 2.11. The number of rotatable bonds is 2. The van der Waals surface area contributed by atoms with Crippen LogP contribution < -0.4 is 0 Å². The fourth-order valence-corrected chi connectivity index (χ4v) is 1.97. The molecule has 0 spiro atoms. The summed E-state index contributed by atoms with van der Waals surface area (Å²) in [5, 5.41) is 7.18. The lowest BCUT2D eigenvalue weighted by molar-refractivity contribution is 1.04. The lowest BCUT2D eigenvalue weighted by Crippen LogP contribution is -1.95. The van der Waals surface area contributed by atoms with Crippen molar-refractivity contribution >= 4 is 0 Å². The quantitative estimate of drug-likeness (QED) is 0.760. The zero-order valence-corrected chi connectivity index (χ0v) is 10.9. The molecule has 1 aromatic carbocycles. The Hall–Kier alpha value is -2.49. The van der Waals surface area contributed by atoms with Gasteiger partial charge in [-0.1, -0.05) is 30.3 Å². The van der Waals surface area contributed by atoms with Crippen LogP contribution in [0.25, 0.3) is 22.8 Å². The third-order valence-electron chi connectivity index (χ3n) is 2.85. The number of hydrogen-bond donors (Lipinski definition) is 1. The number of aryl methyl sites for hydroxylation is 2. The molecule has 0 fully saturated rings. The summed E-state index contributed by atoms with van der Waals surface area (Å²) >= 11 is 0. The Morgan fingerprint density at radius 3 is 2.37 bits per heavy atom. The second-order valence-electron chi connectivity index (χ2n) is 4.52. The average molecular weight is 250 g/mol. The van der Waals surface area contributed by atoms with E-state index in [9.17, 15) is 0 Å². The Labute approximate surface area is 111 Å². The first-order valence-electron chi connectivity index (χ1n) is 6.16. The zero-order valence-electron chi connectivity index (χ0n) is 10.9. The number of hydrogen-bond acceptors (Lipinski definition) is 3. The summed E-state index contributed by atoms with van der Waals surface area (Å²) in [6.07, 6.45) is 0. The minimum Gasteiger partial charge on any atom is -0.282 e. The van der Waals surface area contributed by atoms with Gasteiger partial charge in [-0.25, -0.2) is 9.97 Å². The number of aromatic amines is 1. The topological polar surface area (TPSA) is 54.5 Å².